The molecule has 1 amide bonds. The van der Waals surface area contributed by atoms with Gasteiger partial charge in [0.1, 0.15) is 22.9 Å². The molecule has 0 aliphatic carbocycles. The Morgan fingerprint density at radius 3 is 2.76 bits per heavy atom. The Balaban J connectivity index is 1.69. The lowest BCUT2D eigenvalue weighted by Gasteiger charge is -2.05. The molecule has 1 aromatic carbocycles. The number of fused-ring (bicyclic) bond motifs is 1. The maximum atomic E-state index is 11.8. The number of carbonyl (C=O) groups excluding carboxylic acids is 1. The van der Waals surface area contributed by atoms with Crippen molar-refractivity contribution in [2.75, 3.05) is 0 Å². The molecule has 3 heterocycles. The first-order valence-corrected chi connectivity index (χ1v) is 8.57. The first-order chi connectivity index (χ1) is 12.2. The van der Waals surface area contributed by atoms with Gasteiger partial charge < -0.3 is 10.5 Å². The summed E-state index contributed by atoms with van der Waals surface area (Å²) in [6.07, 6.45) is 3.72. The number of aromatic nitrogens is 2. The molecule has 0 bridgehead atoms. The van der Waals surface area contributed by atoms with E-state index in [0.717, 1.165) is 21.8 Å². The molecule has 6 heteroatoms. The molecule has 0 aliphatic rings. The molecule has 0 radical (unpaired) electrons. The molecule has 25 heavy (non-hydrogen) atoms. The summed E-state index contributed by atoms with van der Waals surface area (Å²) in [5.74, 6) is 0.00960. The van der Waals surface area contributed by atoms with E-state index < -0.39 is 5.91 Å². The Bertz CT molecular complexity index is 1040. The molecule has 3 aromatic heterocycles. The number of benzene rings is 1. The lowest BCUT2D eigenvalue weighted by atomic mass is 10.2. The van der Waals surface area contributed by atoms with Crippen molar-refractivity contribution in [1.29, 1.82) is 0 Å². The number of rotatable bonds is 5. The predicted molar refractivity (Wildman–Crippen MR) is 97.8 cm³/mol. The molecule has 4 rings (SSSR count). The summed E-state index contributed by atoms with van der Waals surface area (Å²) in [6, 6.07) is 17.5. The largest absolute Gasteiger partial charge is 0.487 e. The molecule has 2 N–H and O–H groups in total. The van der Waals surface area contributed by atoms with Gasteiger partial charge in [0.05, 0.1) is 16.8 Å². The standard InChI is InChI=1S/C19H15N3O2S/c20-19(23)18-15(24-12-13-6-2-1-3-7-13)10-16(25-18)14-11-21-17-8-4-5-9-22(14)17/h1-11H,12H2,(H2,20,23). The van der Waals surface area contributed by atoms with E-state index in [-0.39, 0.29) is 0 Å². The van der Waals surface area contributed by atoms with Crippen molar-refractivity contribution in [2.24, 2.45) is 5.73 Å². The minimum atomic E-state index is -0.492. The van der Waals surface area contributed by atoms with Gasteiger partial charge in [-0.3, -0.25) is 9.20 Å². The fraction of sp³-hybridized carbons (Fsp3) is 0.0526. The van der Waals surface area contributed by atoms with Crippen LogP contribution < -0.4 is 10.5 Å². The van der Waals surface area contributed by atoms with E-state index in [1.807, 2.05) is 65.2 Å². The van der Waals surface area contributed by atoms with E-state index in [4.69, 9.17) is 10.5 Å². The van der Waals surface area contributed by atoms with E-state index >= 15 is 0 Å². The van der Waals surface area contributed by atoms with Crippen LogP contribution in [0.5, 0.6) is 5.75 Å². The van der Waals surface area contributed by atoms with Gasteiger partial charge in [-0.2, -0.15) is 0 Å². The van der Waals surface area contributed by atoms with Gasteiger partial charge in [0.15, 0.2) is 0 Å². The number of amides is 1. The van der Waals surface area contributed by atoms with Crippen molar-refractivity contribution in [3.05, 3.63) is 77.4 Å². The molecule has 0 aliphatic heterocycles. The summed E-state index contributed by atoms with van der Waals surface area (Å²) >= 11 is 1.31. The van der Waals surface area contributed by atoms with Gasteiger partial charge in [0.25, 0.3) is 5.91 Å². The third-order valence-corrected chi connectivity index (χ3v) is 4.98. The van der Waals surface area contributed by atoms with Gasteiger partial charge in [0.2, 0.25) is 0 Å². The molecule has 0 atom stereocenters. The lowest BCUT2D eigenvalue weighted by molar-refractivity contribution is 0.1000. The number of thiophene rings is 1. The molecule has 5 nitrogen and oxygen atoms in total. The van der Waals surface area contributed by atoms with E-state index in [0.29, 0.717) is 17.2 Å². The molecular formula is C19H15N3O2S. The minimum absolute atomic E-state index is 0.379. The average molecular weight is 349 g/mol. The Hall–Kier alpha value is -3.12. The van der Waals surface area contributed by atoms with Crippen LogP contribution in [0.25, 0.3) is 16.2 Å². The SMILES string of the molecule is NC(=O)c1sc(-c2cnc3ccccn23)cc1OCc1ccccc1. The van der Waals surface area contributed by atoms with Crippen molar-refractivity contribution in [3.63, 3.8) is 0 Å². The van der Waals surface area contributed by atoms with Crippen LogP contribution in [0.4, 0.5) is 0 Å². The summed E-state index contributed by atoms with van der Waals surface area (Å²) in [5, 5.41) is 0. The van der Waals surface area contributed by atoms with Crippen molar-refractivity contribution in [3.8, 4) is 16.3 Å². The van der Waals surface area contributed by atoms with Crippen LogP contribution >= 0.6 is 11.3 Å². The molecule has 0 spiro atoms. The fourth-order valence-corrected chi connectivity index (χ4v) is 3.59. The lowest BCUT2D eigenvalue weighted by Crippen LogP contribution is -2.10. The second-order valence-electron chi connectivity index (χ2n) is 5.51. The normalized spacial score (nSPS) is 10.9. The average Bonchev–Trinajstić information content (AvgIpc) is 3.25. The zero-order valence-electron chi connectivity index (χ0n) is 13.3. The first-order valence-electron chi connectivity index (χ1n) is 7.75. The van der Waals surface area contributed by atoms with Gasteiger partial charge in [-0.15, -0.1) is 11.3 Å². The second kappa shape index (κ2) is 6.41. The number of nitrogens with two attached hydrogens (primary N) is 1. The number of hydrogen-bond donors (Lipinski definition) is 1. The highest BCUT2D eigenvalue weighted by atomic mass is 32.1. The van der Waals surface area contributed by atoms with Gasteiger partial charge >= 0.3 is 0 Å². The van der Waals surface area contributed by atoms with Crippen LogP contribution in [0.15, 0.2) is 67.0 Å². The molecule has 0 saturated carbocycles. The second-order valence-corrected chi connectivity index (χ2v) is 6.57. The number of nitrogens with zero attached hydrogens (tertiary/aromatic N) is 2. The number of primary amides is 1. The predicted octanol–water partition coefficient (Wildman–Crippen LogP) is 3.74. The Kier molecular flexibility index (Phi) is 3.95. The van der Waals surface area contributed by atoms with E-state index in [1.54, 1.807) is 6.20 Å². The number of imidazole rings is 1. The van der Waals surface area contributed by atoms with E-state index in [2.05, 4.69) is 4.98 Å². The van der Waals surface area contributed by atoms with E-state index in [1.165, 1.54) is 11.3 Å². The Morgan fingerprint density at radius 1 is 1.16 bits per heavy atom. The molecular weight excluding hydrogens is 334 g/mol. The van der Waals surface area contributed by atoms with Crippen LogP contribution in [0.1, 0.15) is 15.2 Å². The molecule has 4 aromatic rings. The quantitative estimate of drug-likeness (QED) is 0.597. The van der Waals surface area contributed by atoms with Crippen molar-refractivity contribution in [2.45, 2.75) is 6.61 Å². The third-order valence-electron chi connectivity index (χ3n) is 3.83. The summed E-state index contributed by atoms with van der Waals surface area (Å²) in [6.45, 7) is 0.379. The van der Waals surface area contributed by atoms with Crippen molar-refractivity contribution in [1.82, 2.24) is 9.38 Å². The maximum absolute atomic E-state index is 11.8. The number of pyridine rings is 1. The summed E-state index contributed by atoms with van der Waals surface area (Å²) < 4.78 is 7.83. The van der Waals surface area contributed by atoms with Gasteiger partial charge in [-0.1, -0.05) is 36.4 Å². The van der Waals surface area contributed by atoms with Crippen LogP contribution in [-0.4, -0.2) is 15.3 Å². The fourth-order valence-electron chi connectivity index (χ4n) is 2.63. The van der Waals surface area contributed by atoms with Crippen LogP contribution in [-0.2, 0) is 6.61 Å². The molecule has 0 saturated heterocycles. The van der Waals surface area contributed by atoms with Crippen LogP contribution in [0.3, 0.4) is 0 Å². The van der Waals surface area contributed by atoms with Crippen molar-refractivity contribution < 1.29 is 9.53 Å². The van der Waals surface area contributed by atoms with Gasteiger partial charge in [-0.25, -0.2) is 4.98 Å². The number of hydrogen-bond acceptors (Lipinski definition) is 4. The summed E-state index contributed by atoms with van der Waals surface area (Å²) in [4.78, 5) is 17.5. The highest BCUT2D eigenvalue weighted by molar-refractivity contribution is 7.17. The monoisotopic (exact) mass is 349 g/mol. The molecule has 124 valence electrons. The van der Waals surface area contributed by atoms with Crippen LogP contribution in [0, 0.1) is 0 Å². The summed E-state index contributed by atoms with van der Waals surface area (Å²) in [7, 11) is 0. The number of carbonyl (C=O) groups is 1. The van der Waals surface area contributed by atoms with Gasteiger partial charge in [0, 0.05) is 12.3 Å². The van der Waals surface area contributed by atoms with Crippen molar-refractivity contribution >= 4 is 22.9 Å². The molecule has 0 fully saturated rings. The van der Waals surface area contributed by atoms with Gasteiger partial charge in [-0.05, 0) is 17.7 Å². The highest BCUT2D eigenvalue weighted by Crippen LogP contribution is 2.36. The smallest absolute Gasteiger partial charge is 0.262 e. The maximum Gasteiger partial charge on any atom is 0.262 e. The van der Waals surface area contributed by atoms with Crippen LogP contribution in [0.2, 0.25) is 0 Å². The first kappa shape index (κ1) is 15.4. The third kappa shape index (κ3) is 2.99. The number of ether oxygens (including phenoxy) is 1. The topological polar surface area (TPSA) is 69.6 Å². The minimum Gasteiger partial charge on any atom is -0.487 e. The molecule has 0 unspecified atom stereocenters. The van der Waals surface area contributed by atoms with E-state index in [9.17, 15) is 4.79 Å². The highest BCUT2D eigenvalue weighted by Gasteiger charge is 2.18. The zero-order chi connectivity index (χ0) is 17.2. The Morgan fingerprint density at radius 2 is 1.96 bits per heavy atom. The zero-order valence-corrected chi connectivity index (χ0v) is 14.1. The summed E-state index contributed by atoms with van der Waals surface area (Å²) in [5.41, 5.74) is 8.31. The Labute approximate surface area is 148 Å².